The van der Waals surface area contributed by atoms with Crippen molar-refractivity contribution in [2.75, 3.05) is 6.54 Å². The Kier molecular flexibility index (Phi) is 6.36. The van der Waals surface area contributed by atoms with E-state index in [-0.39, 0.29) is 24.4 Å². The standard InChI is InChI=1S/C17H17F2N3O2/c18-13-5-6-14(15(19)9-13)17(24)21-8-2-4-16(23)22-11-12-3-1-7-20-10-12/h1,3,5-7,9-10H,2,4,8,11H2,(H,21,24)(H,22,23). The summed E-state index contributed by atoms with van der Waals surface area (Å²) >= 11 is 0. The molecule has 0 fully saturated rings. The number of halogens is 2. The van der Waals surface area contributed by atoms with Crippen LogP contribution in [0.2, 0.25) is 0 Å². The summed E-state index contributed by atoms with van der Waals surface area (Å²) in [7, 11) is 0. The summed E-state index contributed by atoms with van der Waals surface area (Å²) in [6.07, 6.45) is 3.95. The van der Waals surface area contributed by atoms with Crippen molar-refractivity contribution in [3.8, 4) is 0 Å². The number of carbonyl (C=O) groups excluding carboxylic acids is 2. The van der Waals surface area contributed by atoms with Crippen LogP contribution in [0.25, 0.3) is 0 Å². The molecule has 0 bridgehead atoms. The van der Waals surface area contributed by atoms with Crippen LogP contribution in [0, 0.1) is 11.6 Å². The summed E-state index contributed by atoms with van der Waals surface area (Å²) in [5, 5.41) is 5.24. The SMILES string of the molecule is O=C(CCCNC(=O)c1ccc(F)cc1F)NCc1cccnc1. The van der Waals surface area contributed by atoms with Crippen LogP contribution in [0.3, 0.4) is 0 Å². The van der Waals surface area contributed by atoms with E-state index in [4.69, 9.17) is 0 Å². The molecule has 0 atom stereocenters. The summed E-state index contributed by atoms with van der Waals surface area (Å²) in [6, 6.07) is 6.39. The number of nitrogens with one attached hydrogen (secondary N) is 2. The third-order valence-corrected chi connectivity index (χ3v) is 3.25. The Balaban J connectivity index is 1.67. The van der Waals surface area contributed by atoms with Gasteiger partial charge in [-0.1, -0.05) is 6.07 Å². The Morgan fingerprint density at radius 3 is 2.67 bits per heavy atom. The van der Waals surface area contributed by atoms with Crippen molar-refractivity contribution in [3.05, 3.63) is 65.5 Å². The largest absolute Gasteiger partial charge is 0.352 e. The van der Waals surface area contributed by atoms with Gasteiger partial charge in [-0.3, -0.25) is 14.6 Å². The summed E-state index contributed by atoms with van der Waals surface area (Å²) in [6.45, 7) is 0.607. The van der Waals surface area contributed by atoms with Crippen molar-refractivity contribution >= 4 is 11.8 Å². The van der Waals surface area contributed by atoms with Gasteiger partial charge in [0.2, 0.25) is 5.91 Å². The maximum Gasteiger partial charge on any atom is 0.254 e. The van der Waals surface area contributed by atoms with Gasteiger partial charge >= 0.3 is 0 Å². The van der Waals surface area contributed by atoms with Crippen LogP contribution in [0.4, 0.5) is 8.78 Å². The Bertz CT molecular complexity index is 708. The van der Waals surface area contributed by atoms with E-state index in [9.17, 15) is 18.4 Å². The Morgan fingerprint density at radius 2 is 1.96 bits per heavy atom. The minimum atomic E-state index is -0.915. The third kappa shape index (κ3) is 5.42. The normalized spacial score (nSPS) is 10.2. The van der Waals surface area contributed by atoms with Crippen molar-refractivity contribution in [1.82, 2.24) is 15.6 Å². The first-order valence-electron chi connectivity index (χ1n) is 7.45. The fourth-order valence-corrected chi connectivity index (χ4v) is 2.01. The van der Waals surface area contributed by atoms with Crippen LogP contribution in [-0.2, 0) is 11.3 Å². The predicted molar refractivity (Wildman–Crippen MR) is 84.0 cm³/mol. The Morgan fingerprint density at radius 1 is 1.12 bits per heavy atom. The van der Waals surface area contributed by atoms with E-state index in [0.29, 0.717) is 19.0 Å². The molecule has 2 rings (SSSR count). The molecular formula is C17H17F2N3O2. The number of hydrogen-bond donors (Lipinski definition) is 2. The number of pyridine rings is 1. The van der Waals surface area contributed by atoms with Gasteiger partial charge in [0.15, 0.2) is 0 Å². The van der Waals surface area contributed by atoms with E-state index < -0.39 is 17.5 Å². The van der Waals surface area contributed by atoms with E-state index in [1.54, 1.807) is 18.5 Å². The molecule has 7 heteroatoms. The molecule has 1 aromatic heterocycles. The molecule has 0 radical (unpaired) electrons. The molecule has 2 aromatic rings. The van der Waals surface area contributed by atoms with Gasteiger partial charge in [-0.2, -0.15) is 0 Å². The van der Waals surface area contributed by atoms with Gasteiger partial charge < -0.3 is 10.6 Å². The molecule has 0 aliphatic rings. The molecule has 0 unspecified atom stereocenters. The van der Waals surface area contributed by atoms with Gasteiger partial charge in [-0.15, -0.1) is 0 Å². The average Bonchev–Trinajstić information content (AvgIpc) is 2.57. The molecule has 1 heterocycles. The van der Waals surface area contributed by atoms with Crippen molar-refractivity contribution in [2.24, 2.45) is 0 Å². The maximum absolute atomic E-state index is 13.4. The lowest BCUT2D eigenvalue weighted by Gasteiger charge is -2.07. The molecule has 1 aromatic carbocycles. The molecule has 2 N–H and O–H groups in total. The molecule has 126 valence electrons. The number of amides is 2. The molecular weight excluding hydrogens is 316 g/mol. The summed E-state index contributed by atoms with van der Waals surface area (Å²) in [5.74, 6) is -2.44. The van der Waals surface area contributed by atoms with E-state index >= 15 is 0 Å². The first-order chi connectivity index (χ1) is 11.6. The highest BCUT2D eigenvalue weighted by Crippen LogP contribution is 2.09. The third-order valence-electron chi connectivity index (χ3n) is 3.25. The highest BCUT2D eigenvalue weighted by atomic mass is 19.1. The molecule has 0 aliphatic carbocycles. The van der Waals surface area contributed by atoms with E-state index in [0.717, 1.165) is 17.7 Å². The summed E-state index contributed by atoms with van der Waals surface area (Å²) in [4.78, 5) is 27.4. The Hall–Kier alpha value is -2.83. The van der Waals surface area contributed by atoms with E-state index in [2.05, 4.69) is 15.6 Å². The van der Waals surface area contributed by atoms with Gasteiger partial charge in [0.05, 0.1) is 5.56 Å². The second-order valence-electron chi connectivity index (χ2n) is 5.12. The number of benzene rings is 1. The molecule has 0 saturated heterocycles. The lowest BCUT2D eigenvalue weighted by atomic mass is 10.2. The monoisotopic (exact) mass is 333 g/mol. The number of rotatable bonds is 7. The summed E-state index contributed by atoms with van der Waals surface area (Å²) < 4.78 is 26.2. The fraction of sp³-hybridized carbons (Fsp3) is 0.235. The zero-order valence-corrected chi connectivity index (χ0v) is 12.9. The van der Waals surface area contributed by atoms with Crippen molar-refractivity contribution in [2.45, 2.75) is 19.4 Å². The molecule has 5 nitrogen and oxygen atoms in total. The van der Waals surface area contributed by atoms with Crippen LogP contribution in [0.1, 0.15) is 28.8 Å². The molecule has 0 saturated carbocycles. The van der Waals surface area contributed by atoms with Gasteiger partial charge in [0.1, 0.15) is 11.6 Å². The lowest BCUT2D eigenvalue weighted by Crippen LogP contribution is -2.28. The molecule has 2 amide bonds. The first kappa shape index (κ1) is 17.5. The van der Waals surface area contributed by atoms with Crippen LogP contribution in [0.5, 0.6) is 0 Å². The van der Waals surface area contributed by atoms with Crippen molar-refractivity contribution in [1.29, 1.82) is 0 Å². The quantitative estimate of drug-likeness (QED) is 0.763. The van der Waals surface area contributed by atoms with E-state index in [1.165, 1.54) is 0 Å². The fourth-order valence-electron chi connectivity index (χ4n) is 2.01. The van der Waals surface area contributed by atoms with Gasteiger partial charge in [-0.25, -0.2) is 8.78 Å². The van der Waals surface area contributed by atoms with Crippen molar-refractivity contribution < 1.29 is 18.4 Å². The topological polar surface area (TPSA) is 71.1 Å². The van der Waals surface area contributed by atoms with Crippen LogP contribution < -0.4 is 10.6 Å². The van der Waals surface area contributed by atoms with E-state index in [1.807, 2.05) is 6.07 Å². The molecule has 0 aliphatic heterocycles. The highest BCUT2D eigenvalue weighted by Gasteiger charge is 2.12. The average molecular weight is 333 g/mol. The minimum absolute atomic E-state index is 0.152. The lowest BCUT2D eigenvalue weighted by molar-refractivity contribution is -0.121. The molecule has 24 heavy (non-hydrogen) atoms. The van der Waals surface area contributed by atoms with Crippen LogP contribution in [0.15, 0.2) is 42.7 Å². The second-order valence-corrected chi connectivity index (χ2v) is 5.12. The molecule has 0 spiro atoms. The maximum atomic E-state index is 13.4. The number of nitrogens with zero attached hydrogens (tertiary/aromatic N) is 1. The second kappa shape index (κ2) is 8.71. The van der Waals surface area contributed by atoms with Crippen molar-refractivity contribution in [3.63, 3.8) is 0 Å². The van der Waals surface area contributed by atoms with Gasteiger partial charge in [0, 0.05) is 38.0 Å². The first-order valence-corrected chi connectivity index (χ1v) is 7.45. The number of hydrogen-bond acceptors (Lipinski definition) is 3. The van der Waals surface area contributed by atoms with Gasteiger partial charge in [0.25, 0.3) is 5.91 Å². The Labute approximate surface area is 138 Å². The smallest absolute Gasteiger partial charge is 0.254 e. The predicted octanol–water partition coefficient (Wildman–Crippen LogP) is 2.19. The van der Waals surface area contributed by atoms with Gasteiger partial charge in [-0.05, 0) is 30.2 Å². The summed E-state index contributed by atoms with van der Waals surface area (Å²) in [5.41, 5.74) is 0.670. The number of carbonyl (C=O) groups is 2. The van der Waals surface area contributed by atoms with Crippen LogP contribution >= 0.6 is 0 Å². The highest BCUT2D eigenvalue weighted by molar-refractivity contribution is 5.94. The zero-order valence-electron chi connectivity index (χ0n) is 12.9. The zero-order chi connectivity index (χ0) is 17.4. The minimum Gasteiger partial charge on any atom is -0.352 e. The van der Waals surface area contributed by atoms with Crippen LogP contribution in [-0.4, -0.2) is 23.3 Å². The number of aromatic nitrogens is 1.